The Morgan fingerprint density at radius 1 is 1.56 bits per heavy atom. The van der Waals surface area contributed by atoms with Crippen LogP contribution in [0.1, 0.15) is 13.8 Å². The maximum Gasteiger partial charge on any atom is 0.167 e. The van der Waals surface area contributed by atoms with Gasteiger partial charge in [-0.25, -0.2) is 9.37 Å². The minimum absolute atomic E-state index is 0.228. The van der Waals surface area contributed by atoms with E-state index in [0.29, 0.717) is 29.8 Å². The van der Waals surface area contributed by atoms with Gasteiger partial charge in [-0.3, -0.25) is 0 Å². The van der Waals surface area contributed by atoms with Crippen LogP contribution in [0.3, 0.4) is 0 Å². The molecular weight excluding hydrogens is 229 g/mol. The highest BCUT2D eigenvalue weighted by molar-refractivity contribution is 6.30. The van der Waals surface area contributed by atoms with Gasteiger partial charge in [-0.2, -0.15) is 0 Å². The molecule has 2 heterocycles. The smallest absolute Gasteiger partial charge is 0.167 e. The molecular formula is C11H15ClFN3. The first-order valence-electron chi connectivity index (χ1n) is 5.27. The molecule has 16 heavy (non-hydrogen) atoms. The number of hydrogen-bond donors (Lipinski definition) is 1. The zero-order chi connectivity index (χ0) is 11.9. The SMILES string of the molecule is CC(C)C1(N)CN(c2ncc(Cl)cc2F)C1. The average Bonchev–Trinajstić information content (AvgIpc) is 2.13. The van der Waals surface area contributed by atoms with Gasteiger partial charge in [0.2, 0.25) is 0 Å². The second-order valence-electron chi connectivity index (χ2n) is 4.70. The number of halogens is 2. The van der Waals surface area contributed by atoms with E-state index < -0.39 is 5.82 Å². The van der Waals surface area contributed by atoms with Crippen LogP contribution in [0.2, 0.25) is 5.02 Å². The first-order valence-corrected chi connectivity index (χ1v) is 5.65. The molecule has 2 N–H and O–H groups in total. The summed E-state index contributed by atoms with van der Waals surface area (Å²) in [5.41, 5.74) is 5.91. The van der Waals surface area contributed by atoms with Crippen molar-refractivity contribution in [1.82, 2.24) is 4.98 Å². The molecule has 0 amide bonds. The molecule has 0 aromatic carbocycles. The minimum Gasteiger partial charge on any atom is -0.350 e. The Morgan fingerprint density at radius 3 is 2.69 bits per heavy atom. The summed E-state index contributed by atoms with van der Waals surface area (Å²) in [7, 11) is 0. The molecule has 0 spiro atoms. The topological polar surface area (TPSA) is 42.1 Å². The standard InChI is InChI=1S/C11H15ClFN3/c1-7(2)11(14)5-16(6-11)10-9(13)3-8(12)4-15-10/h3-4,7H,5-6,14H2,1-2H3. The van der Waals surface area contributed by atoms with Gasteiger partial charge in [-0.1, -0.05) is 25.4 Å². The molecule has 0 radical (unpaired) electrons. The molecule has 0 aliphatic carbocycles. The maximum atomic E-state index is 13.5. The lowest BCUT2D eigenvalue weighted by Gasteiger charge is -2.50. The average molecular weight is 244 g/mol. The first kappa shape index (κ1) is 11.6. The van der Waals surface area contributed by atoms with Crippen LogP contribution in [0, 0.1) is 11.7 Å². The number of anilines is 1. The van der Waals surface area contributed by atoms with Crippen molar-refractivity contribution in [2.24, 2.45) is 11.7 Å². The molecule has 0 saturated carbocycles. The van der Waals surface area contributed by atoms with Crippen LogP contribution in [0.25, 0.3) is 0 Å². The Labute approximate surface area is 99.4 Å². The molecule has 1 aromatic heterocycles. The summed E-state index contributed by atoms with van der Waals surface area (Å²) in [6.07, 6.45) is 1.45. The number of hydrogen-bond acceptors (Lipinski definition) is 3. The molecule has 0 atom stereocenters. The first-order chi connectivity index (χ1) is 7.42. The lowest BCUT2D eigenvalue weighted by atomic mass is 9.80. The Morgan fingerprint density at radius 2 is 2.19 bits per heavy atom. The van der Waals surface area contributed by atoms with Gasteiger partial charge in [0.15, 0.2) is 11.6 Å². The van der Waals surface area contributed by atoms with E-state index in [2.05, 4.69) is 18.8 Å². The van der Waals surface area contributed by atoms with Crippen molar-refractivity contribution in [3.63, 3.8) is 0 Å². The Kier molecular flexibility index (Phi) is 2.80. The number of nitrogens with zero attached hydrogens (tertiary/aromatic N) is 2. The second kappa shape index (κ2) is 3.86. The third-order valence-electron chi connectivity index (χ3n) is 3.21. The summed E-state index contributed by atoms with van der Waals surface area (Å²) >= 11 is 5.64. The highest BCUT2D eigenvalue weighted by Gasteiger charge is 2.43. The molecule has 1 aliphatic heterocycles. The van der Waals surface area contributed by atoms with E-state index in [9.17, 15) is 4.39 Å². The van der Waals surface area contributed by atoms with Gasteiger partial charge in [0.25, 0.3) is 0 Å². The van der Waals surface area contributed by atoms with Crippen LogP contribution >= 0.6 is 11.6 Å². The van der Waals surface area contributed by atoms with Gasteiger partial charge < -0.3 is 10.6 Å². The Hall–Kier alpha value is -0.870. The maximum absolute atomic E-state index is 13.5. The molecule has 88 valence electrons. The summed E-state index contributed by atoms with van der Waals surface area (Å²) in [6.45, 7) is 5.42. The normalized spacial score (nSPS) is 18.8. The molecule has 0 unspecified atom stereocenters. The van der Waals surface area contributed by atoms with Gasteiger partial charge >= 0.3 is 0 Å². The monoisotopic (exact) mass is 243 g/mol. The predicted molar refractivity (Wildman–Crippen MR) is 63.2 cm³/mol. The van der Waals surface area contributed by atoms with Crippen LogP contribution in [0.4, 0.5) is 10.2 Å². The third-order valence-corrected chi connectivity index (χ3v) is 3.41. The van der Waals surface area contributed by atoms with Crippen molar-refractivity contribution in [1.29, 1.82) is 0 Å². The Balaban J connectivity index is 2.12. The lowest BCUT2D eigenvalue weighted by molar-refractivity contribution is 0.242. The van der Waals surface area contributed by atoms with Crippen molar-refractivity contribution < 1.29 is 4.39 Å². The van der Waals surface area contributed by atoms with Gasteiger partial charge in [0.1, 0.15) is 0 Å². The van der Waals surface area contributed by atoms with Crippen molar-refractivity contribution >= 4 is 17.4 Å². The van der Waals surface area contributed by atoms with E-state index in [1.807, 2.05) is 4.90 Å². The largest absolute Gasteiger partial charge is 0.350 e. The van der Waals surface area contributed by atoms with Crippen LogP contribution in [-0.4, -0.2) is 23.6 Å². The van der Waals surface area contributed by atoms with Crippen LogP contribution in [-0.2, 0) is 0 Å². The zero-order valence-corrected chi connectivity index (χ0v) is 10.1. The molecule has 1 saturated heterocycles. The molecule has 1 aliphatic rings. The summed E-state index contributed by atoms with van der Waals surface area (Å²) < 4.78 is 13.5. The number of pyridine rings is 1. The zero-order valence-electron chi connectivity index (χ0n) is 9.37. The molecule has 1 aromatic rings. The van der Waals surface area contributed by atoms with Gasteiger partial charge in [-0.05, 0) is 12.0 Å². The highest BCUT2D eigenvalue weighted by atomic mass is 35.5. The van der Waals surface area contributed by atoms with E-state index in [1.54, 1.807) is 0 Å². The molecule has 2 rings (SSSR count). The van der Waals surface area contributed by atoms with E-state index in [-0.39, 0.29) is 5.54 Å². The summed E-state index contributed by atoms with van der Waals surface area (Å²) in [6, 6.07) is 1.27. The summed E-state index contributed by atoms with van der Waals surface area (Å²) in [5.74, 6) is 0.323. The van der Waals surface area contributed by atoms with Crippen molar-refractivity contribution in [3.05, 3.63) is 23.1 Å². The fourth-order valence-corrected chi connectivity index (χ4v) is 1.96. The fourth-order valence-electron chi connectivity index (χ4n) is 1.82. The van der Waals surface area contributed by atoms with Gasteiger partial charge in [0.05, 0.1) is 10.6 Å². The third kappa shape index (κ3) is 1.87. The Bertz CT molecular complexity index is 402. The molecule has 3 nitrogen and oxygen atoms in total. The van der Waals surface area contributed by atoms with E-state index in [1.165, 1.54) is 12.3 Å². The molecule has 5 heteroatoms. The fraction of sp³-hybridized carbons (Fsp3) is 0.545. The van der Waals surface area contributed by atoms with Gasteiger partial charge in [-0.15, -0.1) is 0 Å². The van der Waals surface area contributed by atoms with E-state index >= 15 is 0 Å². The van der Waals surface area contributed by atoms with Crippen LogP contribution in [0.5, 0.6) is 0 Å². The minimum atomic E-state index is -0.390. The van der Waals surface area contributed by atoms with Gasteiger partial charge in [0, 0.05) is 19.3 Å². The lowest BCUT2D eigenvalue weighted by Crippen LogP contribution is -2.70. The predicted octanol–water partition coefficient (Wildman–Crippen LogP) is 2.05. The van der Waals surface area contributed by atoms with E-state index in [4.69, 9.17) is 17.3 Å². The molecule has 0 bridgehead atoms. The van der Waals surface area contributed by atoms with E-state index in [0.717, 1.165) is 0 Å². The van der Waals surface area contributed by atoms with Crippen molar-refractivity contribution in [2.75, 3.05) is 18.0 Å². The second-order valence-corrected chi connectivity index (χ2v) is 5.14. The number of rotatable bonds is 2. The van der Waals surface area contributed by atoms with Crippen LogP contribution in [0.15, 0.2) is 12.3 Å². The van der Waals surface area contributed by atoms with Crippen LogP contribution < -0.4 is 10.6 Å². The van der Waals surface area contributed by atoms with Crippen molar-refractivity contribution in [3.8, 4) is 0 Å². The van der Waals surface area contributed by atoms with Crippen molar-refractivity contribution in [2.45, 2.75) is 19.4 Å². The number of nitrogens with two attached hydrogens (primary N) is 1. The summed E-state index contributed by atoms with van der Waals surface area (Å²) in [4.78, 5) is 5.83. The number of aromatic nitrogens is 1. The highest BCUT2D eigenvalue weighted by Crippen LogP contribution is 2.31. The molecule has 1 fully saturated rings. The quantitative estimate of drug-likeness (QED) is 0.865. The summed E-state index contributed by atoms with van der Waals surface area (Å²) in [5, 5.41) is 0.310.